The third-order valence-corrected chi connectivity index (χ3v) is 4.77. The molecule has 0 fully saturated rings. The van der Waals surface area contributed by atoms with Crippen LogP contribution in [-0.4, -0.2) is 51.3 Å². The molecule has 3 rings (SSSR count). The van der Waals surface area contributed by atoms with Gasteiger partial charge in [0.1, 0.15) is 0 Å². The minimum absolute atomic E-state index is 0.0187. The van der Waals surface area contributed by atoms with E-state index in [1.807, 2.05) is 24.2 Å². The molecular formula is C19H23F3N4O3. The van der Waals surface area contributed by atoms with Crippen molar-refractivity contribution in [1.29, 1.82) is 0 Å². The molecule has 1 heterocycles. The number of alkyl halides is 3. The molecule has 0 radical (unpaired) electrons. The lowest BCUT2D eigenvalue weighted by Crippen LogP contribution is -2.43. The first-order chi connectivity index (χ1) is 13.6. The third kappa shape index (κ3) is 6.05. The second-order valence-corrected chi connectivity index (χ2v) is 6.76. The molecule has 2 unspecified atom stereocenters. The fraction of sp³-hybridized carbons (Fsp3) is 0.421. The average Bonchev–Trinajstić information content (AvgIpc) is 3.34. The number of halogens is 3. The number of amides is 1. The Balaban J connectivity index is 0.000000370. The van der Waals surface area contributed by atoms with Gasteiger partial charge in [0.05, 0.1) is 18.3 Å². The largest absolute Gasteiger partial charge is 0.490 e. The number of nitrogens with one attached hydrogen (secondary N) is 1. The summed E-state index contributed by atoms with van der Waals surface area (Å²) in [6.45, 7) is 0. The topological polar surface area (TPSA) is 112 Å². The van der Waals surface area contributed by atoms with Gasteiger partial charge in [-0.3, -0.25) is 9.89 Å². The van der Waals surface area contributed by atoms with Gasteiger partial charge in [-0.15, -0.1) is 0 Å². The standard InChI is InChI=1S/C17H22N4O.C2HF3O2/c1-21(16-9-7-13-4-2-3-5-14(13)16)17(22)15(18)8-6-12-10-19-20-11-12;3-2(4,5)1(6)7/h2-5,10-11,15-16H,6-9,18H2,1H3,(H,19,20);(H,6,7). The monoisotopic (exact) mass is 412 g/mol. The SMILES string of the molecule is CN(C(=O)C(N)CCc1cn[nH]c1)C1CCc2ccccc21.O=C(O)C(F)(F)F. The second kappa shape index (κ2) is 9.55. The maximum atomic E-state index is 12.6. The highest BCUT2D eigenvalue weighted by Crippen LogP contribution is 2.35. The van der Waals surface area contributed by atoms with Crippen LogP contribution in [0.5, 0.6) is 0 Å². The van der Waals surface area contributed by atoms with Crippen molar-refractivity contribution in [3.63, 3.8) is 0 Å². The molecule has 4 N–H and O–H groups in total. The van der Waals surface area contributed by atoms with E-state index in [0.29, 0.717) is 6.42 Å². The lowest BCUT2D eigenvalue weighted by Gasteiger charge is -2.28. The Morgan fingerprint density at radius 3 is 2.62 bits per heavy atom. The number of carboxylic acid groups (broad SMARTS) is 1. The minimum Gasteiger partial charge on any atom is -0.475 e. The minimum atomic E-state index is -5.08. The van der Waals surface area contributed by atoms with Gasteiger partial charge in [0.15, 0.2) is 0 Å². The summed E-state index contributed by atoms with van der Waals surface area (Å²) in [5.74, 6) is -2.74. The van der Waals surface area contributed by atoms with E-state index in [2.05, 4.69) is 28.4 Å². The Bertz CT molecular complexity index is 824. The molecule has 1 aliphatic carbocycles. The summed E-state index contributed by atoms with van der Waals surface area (Å²) in [7, 11) is 1.87. The van der Waals surface area contributed by atoms with Crippen LogP contribution in [0.1, 0.15) is 35.6 Å². The molecule has 158 valence electrons. The Kier molecular flexibility index (Phi) is 7.38. The molecule has 1 amide bonds. The molecule has 1 aromatic heterocycles. The second-order valence-electron chi connectivity index (χ2n) is 6.76. The normalized spacial score (nSPS) is 16.4. The van der Waals surface area contributed by atoms with Crippen LogP contribution >= 0.6 is 0 Å². The number of H-pyrrole nitrogens is 1. The molecule has 29 heavy (non-hydrogen) atoms. The fourth-order valence-electron chi connectivity index (χ4n) is 3.21. The predicted molar refractivity (Wildman–Crippen MR) is 98.8 cm³/mol. The van der Waals surface area contributed by atoms with Crippen molar-refractivity contribution < 1.29 is 27.9 Å². The van der Waals surface area contributed by atoms with Gasteiger partial charge in [-0.05, 0) is 42.4 Å². The summed E-state index contributed by atoms with van der Waals surface area (Å²) in [6.07, 6.45) is 1.94. The first kappa shape index (κ1) is 22.4. The zero-order valence-corrected chi connectivity index (χ0v) is 15.8. The number of nitrogens with zero attached hydrogens (tertiary/aromatic N) is 2. The number of aryl methyl sites for hydroxylation is 2. The highest BCUT2D eigenvalue weighted by atomic mass is 19.4. The van der Waals surface area contributed by atoms with Crippen LogP contribution in [0.3, 0.4) is 0 Å². The van der Waals surface area contributed by atoms with E-state index in [0.717, 1.165) is 24.8 Å². The molecule has 2 aromatic rings. The zero-order valence-electron chi connectivity index (χ0n) is 15.8. The van der Waals surface area contributed by atoms with Crippen LogP contribution in [0.25, 0.3) is 0 Å². The van der Waals surface area contributed by atoms with Crippen molar-refractivity contribution >= 4 is 11.9 Å². The number of aromatic nitrogens is 2. The van der Waals surface area contributed by atoms with Crippen LogP contribution in [-0.2, 0) is 22.4 Å². The Morgan fingerprint density at radius 2 is 2.03 bits per heavy atom. The van der Waals surface area contributed by atoms with Gasteiger partial charge in [0.25, 0.3) is 0 Å². The average molecular weight is 412 g/mol. The Hall–Kier alpha value is -2.88. The molecule has 7 nitrogen and oxygen atoms in total. The molecule has 0 bridgehead atoms. The molecule has 0 aliphatic heterocycles. The molecular weight excluding hydrogens is 389 g/mol. The van der Waals surface area contributed by atoms with E-state index >= 15 is 0 Å². The quantitative estimate of drug-likeness (QED) is 0.698. The molecule has 2 atom stereocenters. The lowest BCUT2D eigenvalue weighted by molar-refractivity contribution is -0.192. The van der Waals surface area contributed by atoms with Crippen LogP contribution in [0.2, 0.25) is 0 Å². The summed E-state index contributed by atoms with van der Waals surface area (Å²) in [5.41, 5.74) is 9.79. The number of carbonyl (C=O) groups excluding carboxylic acids is 1. The van der Waals surface area contributed by atoms with Gasteiger partial charge in [0.2, 0.25) is 5.91 Å². The number of likely N-dealkylation sites (N-methyl/N-ethyl adjacent to an activating group) is 1. The molecule has 0 saturated heterocycles. The third-order valence-electron chi connectivity index (χ3n) is 4.77. The van der Waals surface area contributed by atoms with E-state index in [4.69, 9.17) is 15.6 Å². The highest BCUT2D eigenvalue weighted by molar-refractivity contribution is 5.82. The number of hydrogen-bond donors (Lipinski definition) is 3. The van der Waals surface area contributed by atoms with Crippen LogP contribution < -0.4 is 5.73 Å². The number of aromatic amines is 1. The van der Waals surface area contributed by atoms with Crippen LogP contribution in [0, 0.1) is 0 Å². The van der Waals surface area contributed by atoms with Crippen LogP contribution in [0.15, 0.2) is 36.7 Å². The first-order valence-corrected chi connectivity index (χ1v) is 8.99. The summed E-state index contributed by atoms with van der Waals surface area (Å²) < 4.78 is 31.7. The first-order valence-electron chi connectivity index (χ1n) is 8.99. The van der Waals surface area contributed by atoms with Gasteiger partial charge in [0, 0.05) is 13.2 Å². The number of nitrogens with two attached hydrogens (primary N) is 1. The smallest absolute Gasteiger partial charge is 0.475 e. The number of carbonyl (C=O) groups is 2. The maximum Gasteiger partial charge on any atom is 0.490 e. The fourth-order valence-corrected chi connectivity index (χ4v) is 3.21. The molecule has 0 spiro atoms. The Morgan fingerprint density at radius 1 is 1.38 bits per heavy atom. The van der Waals surface area contributed by atoms with Crippen molar-refractivity contribution in [3.8, 4) is 0 Å². The molecule has 10 heteroatoms. The van der Waals surface area contributed by atoms with Crippen molar-refractivity contribution in [2.24, 2.45) is 5.73 Å². The summed E-state index contributed by atoms with van der Waals surface area (Å²) in [6, 6.07) is 8.05. The van der Waals surface area contributed by atoms with E-state index in [-0.39, 0.29) is 11.9 Å². The number of carboxylic acids is 1. The number of hydrogen-bond acceptors (Lipinski definition) is 4. The summed E-state index contributed by atoms with van der Waals surface area (Å²) in [5, 5.41) is 13.8. The predicted octanol–water partition coefficient (Wildman–Crippen LogP) is 2.45. The van der Waals surface area contributed by atoms with Gasteiger partial charge < -0.3 is 15.7 Å². The highest BCUT2D eigenvalue weighted by Gasteiger charge is 2.38. The zero-order chi connectivity index (χ0) is 21.6. The molecule has 0 saturated carbocycles. The maximum absolute atomic E-state index is 12.6. The van der Waals surface area contributed by atoms with Crippen molar-refractivity contribution in [2.45, 2.75) is 43.9 Å². The van der Waals surface area contributed by atoms with Crippen molar-refractivity contribution in [1.82, 2.24) is 15.1 Å². The van der Waals surface area contributed by atoms with E-state index in [1.54, 1.807) is 6.20 Å². The number of benzene rings is 1. The Labute approximate surface area is 165 Å². The van der Waals surface area contributed by atoms with Crippen LogP contribution in [0.4, 0.5) is 13.2 Å². The number of rotatable bonds is 5. The lowest BCUT2D eigenvalue weighted by atomic mass is 10.0. The number of aliphatic carboxylic acids is 1. The number of fused-ring (bicyclic) bond motifs is 1. The van der Waals surface area contributed by atoms with Gasteiger partial charge >= 0.3 is 12.1 Å². The van der Waals surface area contributed by atoms with Gasteiger partial charge in [-0.1, -0.05) is 24.3 Å². The van der Waals surface area contributed by atoms with Crippen molar-refractivity contribution in [3.05, 3.63) is 53.3 Å². The van der Waals surface area contributed by atoms with E-state index in [1.165, 1.54) is 11.1 Å². The van der Waals surface area contributed by atoms with Gasteiger partial charge in [-0.2, -0.15) is 18.3 Å². The van der Waals surface area contributed by atoms with Gasteiger partial charge in [-0.25, -0.2) is 4.79 Å². The molecule has 1 aromatic carbocycles. The van der Waals surface area contributed by atoms with E-state index in [9.17, 15) is 18.0 Å². The summed E-state index contributed by atoms with van der Waals surface area (Å²) >= 11 is 0. The van der Waals surface area contributed by atoms with Crippen molar-refractivity contribution in [2.75, 3.05) is 7.05 Å². The summed E-state index contributed by atoms with van der Waals surface area (Å²) in [4.78, 5) is 23.3. The molecule has 1 aliphatic rings. The van der Waals surface area contributed by atoms with E-state index < -0.39 is 18.2 Å².